The maximum absolute atomic E-state index is 6.14. The lowest BCUT2D eigenvalue weighted by atomic mass is 10.0. The van der Waals surface area contributed by atoms with E-state index in [0.29, 0.717) is 0 Å². The summed E-state index contributed by atoms with van der Waals surface area (Å²) >= 11 is 0. The third kappa shape index (κ3) is 3.68. The molecule has 2 rings (SSSR count). The molecule has 17 heavy (non-hydrogen) atoms. The van der Waals surface area contributed by atoms with Gasteiger partial charge in [-0.2, -0.15) is 0 Å². The molecule has 0 saturated carbocycles. The summed E-state index contributed by atoms with van der Waals surface area (Å²) in [6.45, 7) is 0. The lowest BCUT2D eigenvalue weighted by molar-refractivity contribution is 0.607. The number of nitrogens with two attached hydrogens (primary N) is 1. The molecule has 0 saturated heterocycles. The average Bonchev–Trinajstić information content (AvgIpc) is 2.41. The number of nitrogens with zero attached hydrogens (tertiary/aromatic N) is 1. The molecule has 1 aromatic carbocycles. The van der Waals surface area contributed by atoms with Crippen molar-refractivity contribution in [2.24, 2.45) is 5.73 Å². The Morgan fingerprint density at radius 1 is 1.00 bits per heavy atom. The Morgan fingerprint density at radius 3 is 2.47 bits per heavy atom. The van der Waals surface area contributed by atoms with E-state index in [9.17, 15) is 0 Å². The first-order valence-corrected chi connectivity index (χ1v) is 6.06. The Morgan fingerprint density at radius 2 is 1.76 bits per heavy atom. The van der Waals surface area contributed by atoms with E-state index in [1.165, 1.54) is 5.56 Å². The van der Waals surface area contributed by atoms with Crippen molar-refractivity contribution < 1.29 is 0 Å². The van der Waals surface area contributed by atoms with Crippen LogP contribution in [0.15, 0.2) is 54.7 Å². The van der Waals surface area contributed by atoms with Gasteiger partial charge in [-0.05, 0) is 37.0 Å². The van der Waals surface area contributed by atoms with Crippen molar-refractivity contribution in [3.63, 3.8) is 0 Å². The van der Waals surface area contributed by atoms with Crippen LogP contribution in [-0.4, -0.2) is 4.98 Å². The number of hydrogen-bond acceptors (Lipinski definition) is 2. The van der Waals surface area contributed by atoms with Crippen molar-refractivity contribution in [2.45, 2.75) is 25.3 Å². The molecule has 88 valence electrons. The zero-order chi connectivity index (χ0) is 11.9. The second kappa shape index (κ2) is 6.16. The van der Waals surface area contributed by atoms with E-state index in [2.05, 4.69) is 23.2 Å². The molecule has 1 atom stereocenters. The molecule has 0 fully saturated rings. The highest BCUT2D eigenvalue weighted by Crippen LogP contribution is 2.16. The Balaban J connectivity index is 1.79. The van der Waals surface area contributed by atoms with Crippen molar-refractivity contribution in [1.29, 1.82) is 0 Å². The lowest BCUT2D eigenvalue weighted by Gasteiger charge is -2.11. The van der Waals surface area contributed by atoms with Crippen molar-refractivity contribution in [2.75, 3.05) is 0 Å². The molecular formula is C15H18N2. The highest BCUT2D eigenvalue weighted by molar-refractivity contribution is 5.18. The minimum absolute atomic E-state index is 0.139. The maximum Gasteiger partial charge on any atom is 0.0403 e. The predicted octanol–water partition coefficient (Wildman–Crippen LogP) is 3.10. The van der Waals surface area contributed by atoms with E-state index in [0.717, 1.165) is 25.0 Å². The number of benzene rings is 1. The van der Waals surface area contributed by atoms with E-state index in [4.69, 9.17) is 5.73 Å². The fourth-order valence-electron chi connectivity index (χ4n) is 1.92. The van der Waals surface area contributed by atoms with Crippen LogP contribution in [0.3, 0.4) is 0 Å². The van der Waals surface area contributed by atoms with Crippen molar-refractivity contribution in [1.82, 2.24) is 4.98 Å². The van der Waals surface area contributed by atoms with Crippen molar-refractivity contribution in [3.8, 4) is 0 Å². The Kier molecular flexibility index (Phi) is 4.28. The summed E-state index contributed by atoms with van der Waals surface area (Å²) in [4.78, 5) is 4.31. The predicted molar refractivity (Wildman–Crippen MR) is 70.5 cm³/mol. The van der Waals surface area contributed by atoms with Crippen LogP contribution >= 0.6 is 0 Å². The Hall–Kier alpha value is -1.67. The number of aromatic nitrogens is 1. The first-order valence-electron chi connectivity index (χ1n) is 6.06. The summed E-state index contributed by atoms with van der Waals surface area (Å²) in [7, 11) is 0. The van der Waals surface area contributed by atoms with E-state index >= 15 is 0 Å². The van der Waals surface area contributed by atoms with E-state index in [1.807, 2.05) is 36.5 Å². The summed E-state index contributed by atoms with van der Waals surface area (Å²) in [5.74, 6) is 0. The molecule has 2 aromatic rings. The molecule has 2 heteroatoms. The second-order valence-corrected chi connectivity index (χ2v) is 4.23. The van der Waals surface area contributed by atoms with E-state index in [-0.39, 0.29) is 6.04 Å². The van der Waals surface area contributed by atoms with Gasteiger partial charge in [-0.1, -0.05) is 36.4 Å². The molecule has 1 aromatic heterocycles. The van der Waals surface area contributed by atoms with Crippen LogP contribution in [0.2, 0.25) is 0 Å². The number of pyridine rings is 1. The highest BCUT2D eigenvalue weighted by Gasteiger charge is 2.04. The van der Waals surface area contributed by atoms with Crippen LogP contribution < -0.4 is 5.73 Å². The van der Waals surface area contributed by atoms with Crippen molar-refractivity contribution >= 4 is 0 Å². The molecule has 1 unspecified atom stereocenters. The molecule has 1 heterocycles. The summed E-state index contributed by atoms with van der Waals surface area (Å²) in [5, 5.41) is 0. The summed E-state index contributed by atoms with van der Waals surface area (Å²) < 4.78 is 0. The topological polar surface area (TPSA) is 38.9 Å². The second-order valence-electron chi connectivity index (χ2n) is 4.23. The largest absolute Gasteiger partial charge is 0.324 e. The van der Waals surface area contributed by atoms with Gasteiger partial charge in [0.1, 0.15) is 0 Å². The van der Waals surface area contributed by atoms with Gasteiger partial charge in [-0.25, -0.2) is 0 Å². The summed E-state index contributed by atoms with van der Waals surface area (Å²) in [6, 6.07) is 16.4. The fraction of sp³-hybridized carbons (Fsp3) is 0.267. The van der Waals surface area contributed by atoms with Gasteiger partial charge in [0.05, 0.1) is 0 Å². The Bertz CT molecular complexity index is 425. The number of hydrogen-bond donors (Lipinski definition) is 1. The van der Waals surface area contributed by atoms with Gasteiger partial charge in [0.25, 0.3) is 0 Å². The normalized spacial score (nSPS) is 12.3. The van der Waals surface area contributed by atoms with Crippen LogP contribution in [0, 0.1) is 0 Å². The fourth-order valence-corrected chi connectivity index (χ4v) is 1.92. The van der Waals surface area contributed by atoms with Gasteiger partial charge in [0.2, 0.25) is 0 Å². The molecule has 0 spiro atoms. The third-order valence-corrected chi connectivity index (χ3v) is 2.90. The van der Waals surface area contributed by atoms with Gasteiger partial charge in [-0.15, -0.1) is 0 Å². The molecule has 0 amide bonds. The van der Waals surface area contributed by atoms with Gasteiger partial charge in [0.15, 0.2) is 0 Å². The van der Waals surface area contributed by atoms with Gasteiger partial charge < -0.3 is 5.73 Å². The third-order valence-electron chi connectivity index (χ3n) is 2.90. The molecule has 2 nitrogen and oxygen atoms in total. The van der Waals surface area contributed by atoms with Crippen LogP contribution in [0.1, 0.15) is 30.1 Å². The smallest absolute Gasteiger partial charge is 0.0403 e. The molecule has 0 radical (unpaired) electrons. The quantitative estimate of drug-likeness (QED) is 0.850. The zero-order valence-corrected chi connectivity index (χ0v) is 9.92. The van der Waals surface area contributed by atoms with Crippen LogP contribution in [0.4, 0.5) is 0 Å². The molecule has 0 aliphatic heterocycles. The highest BCUT2D eigenvalue weighted by atomic mass is 14.7. The molecule has 2 N–H and O–H groups in total. The van der Waals surface area contributed by atoms with Gasteiger partial charge >= 0.3 is 0 Å². The summed E-state index contributed by atoms with van der Waals surface area (Å²) in [6.07, 6.45) is 4.92. The monoisotopic (exact) mass is 226 g/mol. The minimum atomic E-state index is 0.139. The maximum atomic E-state index is 6.14. The average molecular weight is 226 g/mol. The van der Waals surface area contributed by atoms with E-state index < -0.39 is 0 Å². The zero-order valence-electron chi connectivity index (χ0n) is 9.92. The van der Waals surface area contributed by atoms with Gasteiger partial charge in [0, 0.05) is 17.9 Å². The van der Waals surface area contributed by atoms with Gasteiger partial charge in [-0.3, -0.25) is 4.98 Å². The summed E-state index contributed by atoms with van der Waals surface area (Å²) in [5.41, 5.74) is 8.50. The van der Waals surface area contributed by atoms with Crippen molar-refractivity contribution in [3.05, 3.63) is 66.0 Å². The van der Waals surface area contributed by atoms with Crippen LogP contribution in [0.25, 0.3) is 0 Å². The molecular weight excluding hydrogens is 208 g/mol. The van der Waals surface area contributed by atoms with Crippen LogP contribution in [-0.2, 0) is 6.42 Å². The SMILES string of the molecule is NC(CCCc1ccccn1)c1ccccc1. The standard InChI is InChI=1S/C15H18N2/c16-15(13-7-2-1-3-8-13)11-6-10-14-9-4-5-12-17-14/h1-5,7-9,12,15H,6,10-11,16H2. The Labute approximate surface area is 103 Å². The lowest BCUT2D eigenvalue weighted by Crippen LogP contribution is -2.10. The number of rotatable bonds is 5. The van der Waals surface area contributed by atoms with Crippen LogP contribution in [0.5, 0.6) is 0 Å². The molecule has 0 aliphatic carbocycles. The first-order chi connectivity index (χ1) is 8.36. The first kappa shape index (κ1) is 11.8. The minimum Gasteiger partial charge on any atom is -0.324 e. The molecule has 0 aliphatic rings. The van der Waals surface area contributed by atoms with E-state index in [1.54, 1.807) is 0 Å². The number of aryl methyl sites for hydroxylation is 1. The molecule has 0 bridgehead atoms.